The predicted molar refractivity (Wildman–Crippen MR) is 64.9 cm³/mol. The third-order valence-electron chi connectivity index (χ3n) is 2.90. The van der Waals surface area contributed by atoms with Gasteiger partial charge in [0.15, 0.2) is 17.6 Å². The molecule has 1 aliphatic heterocycles. The minimum absolute atomic E-state index is 0.149. The van der Waals surface area contributed by atoms with E-state index in [9.17, 15) is 24.9 Å². The van der Waals surface area contributed by atoms with Crippen LogP contribution in [0.1, 0.15) is 10.4 Å². The smallest absolute Gasteiger partial charge is 0.377 e. The lowest BCUT2D eigenvalue weighted by Gasteiger charge is -2.21. The Labute approximate surface area is 113 Å². The SMILES string of the molecule is O=C1O[C@H]([C@@H](O)C(O)C(=O)c2ccccc2)C(O)=C1O. The van der Waals surface area contributed by atoms with Crippen LogP contribution in [-0.2, 0) is 9.53 Å². The van der Waals surface area contributed by atoms with E-state index in [4.69, 9.17) is 5.11 Å². The second-order valence-corrected chi connectivity index (χ2v) is 4.23. The van der Waals surface area contributed by atoms with Crippen LogP contribution in [0.15, 0.2) is 41.9 Å². The van der Waals surface area contributed by atoms with Gasteiger partial charge in [-0.3, -0.25) is 4.79 Å². The third-order valence-corrected chi connectivity index (χ3v) is 2.90. The van der Waals surface area contributed by atoms with Crippen molar-refractivity contribution in [2.45, 2.75) is 18.3 Å². The van der Waals surface area contributed by atoms with Crippen LogP contribution in [0, 0.1) is 0 Å². The molecule has 7 nitrogen and oxygen atoms in total. The van der Waals surface area contributed by atoms with Gasteiger partial charge in [0.05, 0.1) is 0 Å². The van der Waals surface area contributed by atoms with Crippen molar-refractivity contribution < 1.29 is 34.8 Å². The number of cyclic esters (lactones) is 1. The van der Waals surface area contributed by atoms with Crippen molar-refractivity contribution in [3.8, 4) is 0 Å². The average molecular weight is 280 g/mol. The van der Waals surface area contributed by atoms with E-state index in [1.807, 2.05) is 0 Å². The molecule has 1 aromatic carbocycles. The fourth-order valence-corrected chi connectivity index (χ4v) is 1.79. The Bertz CT molecular complexity index is 563. The molecule has 1 unspecified atom stereocenters. The van der Waals surface area contributed by atoms with Gasteiger partial charge in [0.1, 0.15) is 12.2 Å². The van der Waals surface area contributed by atoms with Crippen LogP contribution in [0.3, 0.4) is 0 Å². The Hall–Kier alpha value is -2.38. The summed E-state index contributed by atoms with van der Waals surface area (Å²) in [6.07, 6.45) is -5.48. The summed E-state index contributed by atoms with van der Waals surface area (Å²) >= 11 is 0. The van der Waals surface area contributed by atoms with Gasteiger partial charge < -0.3 is 25.2 Å². The molecule has 106 valence electrons. The van der Waals surface area contributed by atoms with Crippen molar-refractivity contribution in [3.05, 3.63) is 47.4 Å². The predicted octanol–water partition coefficient (Wildman–Crippen LogP) is -0.156. The molecule has 0 aliphatic carbocycles. The number of hydrogen-bond donors (Lipinski definition) is 4. The van der Waals surface area contributed by atoms with Gasteiger partial charge >= 0.3 is 5.97 Å². The number of aliphatic hydroxyl groups is 4. The van der Waals surface area contributed by atoms with Crippen LogP contribution >= 0.6 is 0 Å². The van der Waals surface area contributed by atoms with Crippen molar-refractivity contribution >= 4 is 11.8 Å². The van der Waals surface area contributed by atoms with Gasteiger partial charge in [-0.25, -0.2) is 4.79 Å². The van der Waals surface area contributed by atoms with E-state index in [0.717, 1.165) is 0 Å². The Balaban J connectivity index is 2.16. The molecule has 1 aromatic rings. The van der Waals surface area contributed by atoms with Crippen LogP contribution in [0.25, 0.3) is 0 Å². The van der Waals surface area contributed by atoms with Crippen LogP contribution in [0.4, 0.5) is 0 Å². The summed E-state index contributed by atoms with van der Waals surface area (Å²) in [6, 6.07) is 7.69. The summed E-state index contributed by atoms with van der Waals surface area (Å²) < 4.78 is 4.48. The first-order valence-electron chi connectivity index (χ1n) is 5.72. The highest BCUT2D eigenvalue weighted by molar-refractivity contribution is 6.00. The highest BCUT2D eigenvalue weighted by Gasteiger charge is 2.43. The van der Waals surface area contributed by atoms with E-state index in [-0.39, 0.29) is 5.56 Å². The lowest BCUT2D eigenvalue weighted by Crippen LogP contribution is -2.43. The van der Waals surface area contributed by atoms with Crippen LogP contribution < -0.4 is 0 Å². The Morgan fingerprint density at radius 1 is 1.15 bits per heavy atom. The monoisotopic (exact) mass is 280 g/mol. The van der Waals surface area contributed by atoms with Crippen molar-refractivity contribution in [2.24, 2.45) is 0 Å². The normalized spacial score (nSPS) is 21.5. The molecule has 0 spiro atoms. The summed E-state index contributed by atoms with van der Waals surface area (Å²) in [5.74, 6) is -3.99. The van der Waals surface area contributed by atoms with Gasteiger partial charge in [-0.05, 0) is 0 Å². The first-order valence-corrected chi connectivity index (χ1v) is 5.72. The van der Waals surface area contributed by atoms with E-state index < -0.39 is 41.6 Å². The maximum Gasteiger partial charge on any atom is 0.377 e. The molecule has 0 radical (unpaired) electrons. The zero-order valence-corrected chi connectivity index (χ0v) is 10.1. The summed E-state index contributed by atoms with van der Waals surface area (Å²) in [4.78, 5) is 22.9. The number of hydrogen-bond acceptors (Lipinski definition) is 7. The van der Waals surface area contributed by atoms with Crippen molar-refractivity contribution in [1.82, 2.24) is 0 Å². The van der Waals surface area contributed by atoms with Gasteiger partial charge in [0.2, 0.25) is 5.76 Å². The van der Waals surface area contributed by atoms with Crippen LogP contribution in [0.2, 0.25) is 0 Å². The summed E-state index contributed by atoms with van der Waals surface area (Å²) in [6.45, 7) is 0. The molecule has 0 saturated carbocycles. The standard InChI is InChI=1S/C13H12O7/c14-7(6-4-2-1-3-5-6)8(15)9(16)12-10(17)11(18)13(19)20-12/h1-5,8-9,12,15-18H/t8?,9-,12+/m0/s1. The molecule has 1 heterocycles. The van der Waals surface area contributed by atoms with Gasteiger partial charge in [0, 0.05) is 5.56 Å². The van der Waals surface area contributed by atoms with E-state index in [2.05, 4.69) is 4.74 Å². The Morgan fingerprint density at radius 3 is 2.25 bits per heavy atom. The van der Waals surface area contributed by atoms with E-state index in [1.165, 1.54) is 12.1 Å². The Morgan fingerprint density at radius 2 is 1.75 bits per heavy atom. The number of ketones is 1. The Kier molecular flexibility index (Phi) is 3.73. The van der Waals surface area contributed by atoms with Crippen LogP contribution in [0.5, 0.6) is 0 Å². The minimum Gasteiger partial charge on any atom is -0.505 e. The highest BCUT2D eigenvalue weighted by Crippen LogP contribution is 2.23. The molecule has 0 fully saturated rings. The number of esters is 1. The van der Waals surface area contributed by atoms with E-state index in [0.29, 0.717) is 0 Å². The molecule has 2 rings (SSSR count). The number of carbonyl (C=O) groups excluding carboxylic acids is 2. The fraction of sp³-hybridized carbons (Fsp3) is 0.231. The second kappa shape index (κ2) is 5.32. The highest BCUT2D eigenvalue weighted by atomic mass is 16.6. The molecule has 0 aromatic heterocycles. The van der Waals surface area contributed by atoms with Gasteiger partial charge in [-0.1, -0.05) is 30.3 Å². The third kappa shape index (κ3) is 2.36. The minimum atomic E-state index is -1.91. The topological polar surface area (TPSA) is 124 Å². The largest absolute Gasteiger partial charge is 0.505 e. The first-order chi connectivity index (χ1) is 9.43. The number of carbonyl (C=O) groups is 2. The molecule has 4 N–H and O–H groups in total. The fourth-order valence-electron chi connectivity index (χ4n) is 1.79. The quantitative estimate of drug-likeness (QED) is 0.446. The molecular formula is C13H12O7. The van der Waals surface area contributed by atoms with Crippen molar-refractivity contribution in [1.29, 1.82) is 0 Å². The van der Waals surface area contributed by atoms with Gasteiger partial charge in [0.25, 0.3) is 0 Å². The summed E-state index contributed by atoms with van der Waals surface area (Å²) in [5.41, 5.74) is 0.149. The number of benzene rings is 1. The molecule has 3 atom stereocenters. The van der Waals surface area contributed by atoms with Crippen molar-refractivity contribution in [3.63, 3.8) is 0 Å². The number of aliphatic hydroxyl groups excluding tert-OH is 4. The van der Waals surface area contributed by atoms with Gasteiger partial charge in [-0.15, -0.1) is 0 Å². The molecule has 0 saturated heterocycles. The first kappa shape index (κ1) is 14.0. The molecule has 0 bridgehead atoms. The van der Waals surface area contributed by atoms with Crippen molar-refractivity contribution in [2.75, 3.05) is 0 Å². The number of ether oxygens (including phenoxy) is 1. The maximum atomic E-state index is 11.9. The molecule has 7 heteroatoms. The zero-order valence-electron chi connectivity index (χ0n) is 10.1. The maximum absolute atomic E-state index is 11.9. The summed E-state index contributed by atoms with van der Waals surface area (Å²) in [5, 5.41) is 38.1. The average Bonchev–Trinajstić information content (AvgIpc) is 2.73. The second-order valence-electron chi connectivity index (χ2n) is 4.23. The van der Waals surface area contributed by atoms with Crippen LogP contribution in [-0.4, -0.2) is 50.5 Å². The number of Topliss-reactive ketones (excluding diaryl/α,β-unsaturated/α-hetero) is 1. The lowest BCUT2D eigenvalue weighted by molar-refractivity contribution is -0.149. The number of rotatable bonds is 4. The molecular weight excluding hydrogens is 268 g/mol. The molecule has 20 heavy (non-hydrogen) atoms. The lowest BCUT2D eigenvalue weighted by atomic mass is 9.98. The van der Waals surface area contributed by atoms with E-state index in [1.54, 1.807) is 18.2 Å². The zero-order chi connectivity index (χ0) is 14.9. The summed E-state index contributed by atoms with van der Waals surface area (Å²) in [7, 11) is 0. The molecule has 1 aliphatic rings. The van der Waals surface area contributed by atoms with Gasteiger partial charge in [-0.2, -0.15) is 0 Å². The van der Waals surface area contributed by atoms with E-state index >= 15 is 0 Å². The molecule has 0 amide bonds.